The molecule has 0 aromatic carbocycles. The minimum absolute atomic E-state index is 0.615. The van der Waals surface area contributed by atoms with Gasteiger partial charge in [-0.25, -0.2) is 9.59 Å². The van der Waals surface area contributed by atoms with Crippen molar-refractivity contribution in [1.29, 1.82) is 0 Å². The highest BCUT2D eigenvalue weighted by Crippen LogP contribution is 1.85. The third-order valence-corrected chi connectivity index (χ3v) is 0.963. The van der Waals surface area contributed by atoms with Gasteiger partial charge in [0.2, 0.25) is 0 Å². The van der Waals surface area contributed by atoms with Crippen LogP contribution in [0.5, 0.6) is 0 Å². The lowest BCUT2D eigenvalue weighted by Gasteiger charge is -2.09. The van der Waals surface area contributed by atoms with E-state index in [1.165, 1.54) is 14.2 Å². The van der Waals surface area contributed by atoms with Crippen LogP contribution in [-0.2, 0) is 14.3 Å². The molecule has 0 aliphatic rings. The zero-order valence-corrected chi connectivity index (χ0v) is 6.42. The van der Waals surface area contributed by atoms with Crippen molar-refractivity contribution in [3.63, 3.8) is 0 Å². The van der Waals surface area contributed by atoms with Crippen LogP contribution in [0.4, 0.5) is 4.79 Å². The Labute approximate surface area is 64.7 Å². The van der Waals surface area contributed by atoms with E-state index in [1.54, 1.807) is 0 Å². The van der Waals surface area contributed by atoms with Gasteiger partial charge in [0.1, 0.15) is 6.04 Å². The van der Waals surface area contributed by atoms with E-state index >= 15 is 0 Å². The number of nitrogens with one attached hydrogen (secondary N) is 1. The Morgan fingerprint density at radius 1 is 1.36 bits per heavy atom. The van der Waals surface area contributed by atoms with Crippen molar-refractivity contribution in [2.75, 3.05) is 14.2 Å². The number of carbonyl (C=O) groups excluding carboxylic acids is 2. The Hall–Kier alpha value is -1.26. The zero-order chi connectivity index (χ0) is 8.85. The van der Waals surface area contributed by atoms with Crippen molar-refractivity contribution in [2.45, 2.75) is 6.04 Å². The van der Waals surface area contributed by atoms with Gasteiger partial charge >= 0.3 is 12.1 Å². The molecule has 0 aromatic heterocycles. The molecule has 0 spiro atoms. The summed E-state index contributed by atoms with van der Waals surface area (Å²) in [5.74, 6) is -0.615. The van der Waals surface area contributed by atoms with Gasteiger partial charge in [-0.05, 0) is 6.92 Å². The van der Waals surface area contributed by atoms with Crippen LogP contribution in [0.3, 0.4) is 0 Å². The minimum Gasteiger partial charge on any atom is -0.467 e. The Kier molecular flexibility index (Phi) is 4.02. The summed E-state index contributed by atoms with van der Waals surface area (Å²) in [6.45, 7) is 3.31. The zero-order valence-electron chi connectivity index (χ0n) is 6.42. The molecule has 0 saturated heterocycles. The Morgan fingerprint density at radius 3 is 2.27 bits per heavy atom. The molecular formula is C6H10NO4. The molecule has 1 atom stereocenters. The first-order chi connectivity index (χ1) is 5.11. The molecule has 5 nitrogen and oxygen atoms in total. The molecule has 11 heavy (non-hydrogen) atoms. The van der Waals surface area contributed by atoms with Gasteiger partial charge in [-0.1, -0.05) is 0 Å². The van der Waals surface area contributed by atoms with E-state index in [9.17, 15) is 9.59 Å². The normalized spacial score (nSPS) is 11.5. The first-order valence-corrected chi connectivity index (χ1v) is 2.87. The summed E-state index contributed by atoms with van der Waals surface area (Å²) in [6, 6.07) is -0.924. The van der Waals surface area contributed by atoms with Crippen molar-refractivity contribution < 1.29 is 19.1 Å². The molecule has 0 rings (SSSR count). The summed E-state index contributed by atoms with van der Waals surface area (Å²) < 4.78 is 8.50. The lowest BCUT2D eigenvalue weighted by atomic mass is 10.3. The second-order valence-corrected chi connectivity index (χ2v) is 1.71. The van der Waals surface area contributed by atoms with Gasteiger partial charge in [-0.15, -0.1) is 0 Å². The van der Waals surface area contributed by atoms with Gasteiger partial charge < -0.3 is 14.8 Å². The molecule has 1 amide bonds. The highest BCUT2D eigenvalue weighted by atomic mass is 16.5. The van der Waals surface area contributed by atoms with Crippen molar-refractivity contribution >= 4 is 12.1 Å². The minimum atomic E-state index is -0.924. The molecule has 0 unspecified atom stereocenters. The summed E-state index contributed by atoms with van der Waals surface area (Å²) in [5, 5.41) is 2.13. The maximum atomic E-state index is 10.6. The molecule has 0 fully saturated rings. The fraction of sp³-hybridized carbons (Fsp3) is 0.500. The summed E-state index contributed by atoms with van der Waals surface area (Å²) in [7, 11) is 2.40. The molecule has 0 aliphatic heterocycles. The molecule has 63 valence electrons. The molecule has 0 aromatic rings. The summed E-state index contributed by atoms with van der Waals surface area (Å²) >= 11 is 0. The standard InChI is InChI=1S/C6H10NO4/c1-4(5(8)10-2)7-6(9)11-3/h4H,1H2,2-3H3,(H,7,9)/t4-/m0/s1. The topological polar surface area (TPSA) is 64.6 Å². The monoisotopic (exact) mass is 160 g/mol. The van der Waals surface area contributed by atoms with Gasteiger partial charge in [0.15, 0.2) is 0 Å². The third-order valence-electron chi connectivity index (χ3n) is 0.963. The van der Waals surface area contributed by atoms with Crippen LogP contribution in [0.2, 0.25) is 0 Å². The van der Waals surface area contributed by atoms with Crippen molar-refractivity contribution in [3.8, 4) is 0 Å². The number of alkyl carbamates (subject to hydrolysis) is 1. The predicted molar refractivity (Wildman–Crippen MR) is 36.7 cm³/mol. The predicted octanol–water partition coefficient (Wildman–Crippen LogP) is -0.282. The lowest BCUT2D eigenvalue weighted by molar-refractivity contribution is -0.141. The summed E-state index contributed by atoms with van der Waals surface area (Å²) in [4.78, 5) is 21.1. The highest BCUT2D eigenvalue weighted by Gasteiger charge is 2.15. The van der Waals surface area contributed by atoms with Gasteiger partial charge in [-0.2, -0.15) is 0 Å². The van der Waals surface area contributed by atoms with Crippen LogP contribution >= 0.6 is 0 Å². The highest BCUT2D eigenvalue weighted by molar-refractivity contribution is 5.81. The molecule has 0 saturated carbocycles. The molecule has 0 aliphatic carbocycles. The van der Waals surface area contributed by atoms with Crippen molar-refractivity contribution in [3.05, 3.63) is 6.92 Å². The first kappa shape index (κ1) is 9.74. The van der Waals surface area contributed by atoms with E-state index in [-0.39, 0.29) is 0 Å². The Morgan fingerprint density at radius 2 is 1.91 bits per heavy atom. The van der Waals surface area contributed by atoms with Crippen LogP contribution in [-0.4, -0.2) is 32.3 Å². The number of amides is 1. The number of carbonyl (C=O) groups is 2. The first-order valence-electron chi connectivity index (χ1n) is 2.87. The number of esters is 1. The van der Waals surface area contributed by atoms with E-state index in [2.05, 4.69) is 21.7 Å². The number of hydrogen-bond donors (Lipinski definition) is 1. The van der Waals surface area contributed by atoms with E-state index in [0.717, 1.165) is 0 Å². The number of hydrogen-bond acceptors (Lipinski definition) is 4. The third kappa shape index (κ3) is 3.44. The Balaban J connectivity index is 3.77. The molecule has 0 heterocycles. The molecule has 1 N–H and O–H groups in total. The van der Waals surface area contributed by atoms with E-state index in [1.807, 2.05) is 0 Å². The second-order valence-electron chi connectivity index (χ2n) is 1.71. The fourth-order valence-corrected chi connectivity index (χ4v) is 0.402. The largest absolute Gasteiger partial charge is 0.467 e. The number of rotatable bonds is 2. The maximum absolute atomic E-state index is 10.6. The quantitative estimate of drug-likeness (QED) is 0.564. The molecule has 1 radical (unpaired) electrons. The van der Waals surface area contributed by atoms with Crippen LogP contribution in [0.15, 0.2) is 0 Å². The SMILES string of the molecule is [CH2][C@H](NC(=O)OC)C(=O)OC. The van der Waals surface area contributed by atoms with Crippen LogP contribution in [0, 0.1) is 6.92 Å². The van der Waals surface area contributed by atoms with Crippen molar-refractivity contribution in [2.24, 2.45) is 0 Å². The van der Waals surface area contributed by atoms with Crippen LogP contribution < -0.4 is 5.32 Å². The van der Waals surface area contributed by atoms with Crippen LogP contribution in [0.25, 0.3) is 0 Å². The Bertz CT molecular complexity index is 157. The smallest absolute Gasteiger partial charge is 0.407 e. The summed E-state index contributed by atoms with van der Waals surface area (Å²) in [5.41, 5.74) is 0. The molecule has 5 heteroatoms. The molecule has 0 bridgehead atoms. The van der Waals surface area contributed by atoms with E-state index < -0.39 is 18.1 Å². The van der Waals surface area contributed by atoms with E-state index in [4.69, 9.17) is 0 Å². The summed E-state index contributed by atoms with van der Waals surface area (Å²) in [6.07, 6.45) is -0.713. The second kappa shape index (κ2) is 4.54. The van der Waals surface area contributed by atoms with E-state index in [0.29, 0.717) is 0 Å². The fourth-order valence-electron chi connectivity index (χ4n) is 0.402. The lowest BCUT2D eigenvalue weighted by Crippen LogP contribution is -2.39. The number of ether oxygens (including phenoxy) is 2. The van der Waals surface area contributed by atoms with Crippen LogP contribution in [0.1, 0.15) is 0 Å². The number of methoxy groups -OCH3 is 2. The van der Waals surface area contributed by atoms with Crippen molar-refractivity contribution in [1.82, 2.24) is 5.32 Å². The van der Waals surface area contributed by atoms with Gasteiger partial charge in [-0.3, -0.25) is 0 Å². The average molecular weight is 160 g/mol. The van der Waals surface area contributed by atoms with Gasteiger partial charge in [0.05, 0.1) is 14.2 Å². The maximum Gasteiger partial charge on any atom is 0.407 e. The van der Waals surface area contributed by atoms with Gasteiger partial charge in [0, 0.05) is 0 Å². The average Bonchev–Trinajstić information content (AvgIpc) is 2.02. The van der Waals surface area contributed by atoms with Gasteiger partial charge in [0.25, 0.3) is 0 Å². The molecular weight excluding hydrogens is 150 g/mol.